The molecule has 0 amide bonds. The van der Waals surface area contributed by atoms with Crippen LogP contribution >= 0.6 is 7.75 Å². The van der Waals surface area contributed by atoms with E-state index in [0.717, 1.165) is 19.4 Å². The van der Waals surface area contributed by atoms with Gasteiger partial charge in [-0.05, 0) is 26.7 Å². The van der Waals surface area contributed by atoms with Crippen molar-refractivity contribution in [3.63, 3.8) is 0 Å². The van der Waals surface area contributed by atoms with E-state index in [-0.39, 0.29) is 0 Å². The summed E-state index contributed by atoms with van der Waals surface area (Å²) >= 11 is 0. The van der Waals surface area contributed by atoms with Crippen LogP contribution in [-0.2, 0) is 13.6 Å². The van der Waals surface area contributed by atoms with Gasteiger partial charge in [-0.15, -0.1) is 0 Å². The van der Waals surface area contributed by atoms with E-state index < -0.39 is 7.75 Å². The summed E-state index contributed by atoms with van der Waals surface area (Å²) in [7, 11) is -3.06. The van der Waals surface area contributed by atoms with Crippen molar-refractivity contribution in [1.82, 2.24) is 4.67 Å². The van der Waals surface area contributed by atoms with E-state index >= 15 is 0 Å². The summed E-state index contributed by atoms with van der Waals surface area (Å²) in [5.41, 5.74) is 0. The largest absolute Gasteiger partial charge is 0.408 e. The fraction of sp³-hybridized carbons (Fsp3) is 1.00. The minimum atomic E-state index is -3.06. The number of hydrogen-bond acceptors (Lipinski definition) is 3. The molecular weight excluding hydrogens is 237 g/mol. The monoisotopic (exact) mass is 263 g/mol. The highest BCUT2D eigenvalue weighted by Gasteiger charge is 2.37. The minimum absolute atomic E-state index is 0.359. The molecule has 0 saturated heterocycles. The molecule has 0 spiro atoms. The Morgan fingerprint density at radius 2 is 1.59 bits per heavy atom. The molecule has 0 aromatic rings. The highest BCUT2D eigenvalue weighted by Crippen LogP contribution is 2.54. The van der Waals surface area contributed by atoms with Crippen LogP contribution in [0.5, 0.6) is 0 Å². The number of nitrogens with zero attached hydrogens (tertiary/aromatic N) is 1. The van der Waals surface area contributed by atoms with E-state index in [0.29, 0.717) is 19.3 Å². The van der Waals surface area contributed by atoms with Crippen LogP contribution in [0.2, 0.25) is 0 Å². The van der Waals surface area contributed by atoms with Gasteiger partial charge in [-0.2, -0.15) is 0 Å². The molecule has 0 aromatic heterocycles. The van der Waals surface area contributed by atoms with Gasteiger partial charge in [0.2, 0.25) is 0 Å². The summed E-state index contributed by atoms with van der Waals surface area (Å²) in [6.45, 7) is 7.34. The summed E-state index contributed by atoms with van der Waals surface area (Å²) in [4.78, 5) is 0. The summed E-state index contributed by atoms with van der Waals surface area (Å²) in [5, 5.41) is 0. The maximum Gasteiger partial charge on any atom is 0.408 e. The van der Waals surface area contributed by atoms with Crippen molar-refractivity contribution >= 4 is 7.75 Å². The molecule has 4 nitrogen and oxygen atoms in total. The van der Waals surface area contributed by atoms with Crippen molar-refractivity contribution in [2.75, 3.05) is 19.8 Å². The molecule has 5 heteroatoms. The molecule has 0 bridgehead atoms. The van der Waals surface area contributed by atoms with Crippen LogP contribution < -0.4 is 0 Å². The molecule has 1 fully saturated rings. The number of rotatable bonds is 7. The van der Waals surface area contributed by atoms with Gasteiger partial charge >= 0.3 is 7.75 Å². The molecule has 0 radical (unpaired) electrons. The van der Waals surface area contributed by atoms with E-state index in [1.807, 2.05) is 25.4 Å². The molecule has 17 heavy (non-hydrogen) atoms. The predicted octanol–water partition coefficient (Wildman–Crippen LogP) is 3.82. The van der Waals surface area contributed by atoms with E-state index in [4.69, 9.17) is 9.05 Å². The molecule has 0 heterocycles. The second-order valence-corrected chi connectivity index (χ2v) is 6.32. The SMILES string of the molecule is CCOP(=O)(OCC)N(CC)C1CCCCC1. The van der Waals surface area contributed by atoms with Gasteiger partial charge in [0, 0.05) is 12.6 Å². The fourth-order valence-electron chi connectivity index (χ4n) is 2.52. The lowest BCUT2D eigenvalue weighted by molar-refractivity contribution is 0.137. The molecule has 1 aliphatic carbocycles. The Hall–Kier alpha value is 0.110. The number of hydrogen-bond donors (Lipinski definition) is 0. The van der Waals surface area contributed by atoms with Crippen molar-refractivity contribution in [1.29, 1.82) is 0 Å². The third-order valence-corrected chi connectivity index (χ3v) is 5.63. The van der Waals surface area contributed by atoms with E-state index in [2.05, 4.69) is 0 Å². The van der Waals surface area contributed by atoms with E-state index in [9.17, 15) is 4.57 Å². The summed E-state index contributed by atoms with van der Waals surface area (Å²) in [5.74, 6) is 0. The van der Waals surface area contributed by atoms with Crippen LogP contribution in [0.25, 0.3) is 0 Å². The molecule has 1 rings (SSSR count). The zero-order valence-electron chi connectivity index (χ0n) is 11.4. The Bertz CT molecular complexity index is 244. The van der Waals surface area contributed by atoms with Crippen LogP contribution in [0.4, 0.5) is 0 Å². The average Bonchev–Trinajstić information content (AvgIpc) is 2.31. The van der Waals surface area contributed by atoms with Crippen molar-refractivity contribution in [3.8, 4) is 0 Å². The van der Waals surface area contributed by atoms with Crippen molar-refractivity contribution in [3.05, 3.63) is 0 Å². The molecule has 0 aliphatic heterocycles. The van der Waals surface area contributed by atoms with Crippen LogP contribution in [0.3, 0.4) is 0 Å². The molecule has 0 aromatic carbocycles. The molecule has 1 aliphatic rings. The molecule has 0 N–H and O–H groups in total. The highest BCUT2D eigenvalue weighted by atomic mass is 31.2. The second kappa shape index (κ2) is 7.52. The van der Waals surface area contributed by atoms with Gasteiger partial charge in [-0.1, -0.05) is 26.2 Å². The van der Waals surface area contributed by atoms with Gasteiger partial charge in [-0.3, -0.25) is 9.05 Å². The van der Waals surface area contributed by atoms with Crippen LogP contribution in [0, 0.1) is 0 Å². The van der Waals surface area contributed by atoms with Gasteiger partial charge in [-0.25, -0.2) is 9.24 Å². The average molecular weight is 263 g/mol. The topological polar surface area (TPSA) is 38.8 Å². The first kappa shape index (κ1) is 15.2. The quantitative estimate of drug-likeness (QED) is 0.654. The van der Waals surface area contributed by atoms with Crippen molar-refractivity contribution < 1.29 is 13.6 Å². The summed E-state index contributed by atoms with van der Waals surface area (Å²) in [6.07, 6.45) is 5.95. The summed E-state index contributed by atoms with van der Waals surface area (Å²) < 4.78 is 25.6. The van der Waals surface area contributed by atoms with Gasteiger partial charge in [0.1, 0.15) is 0 Å². The zero-order valence-corrected chi connectivity index (χ0v) is 12.2. The van der Waals surface area contributed by atoms with E-state index in [1.54, 1.807) is 0 Å². The maximum atomic E-state index is 12.7. The Morgan fingerprint density at radius 1 is 1.06 bits per heavy atom. The van der Waals surface area contributed by atoms with Crippen molar-refractivity contribution in [2.24, 2.45) is 0 Å². The first-order chi connectivity index (χ1) is 8.18. The Labute approximate surface area is 105 Å². The molecule has 0 atom stereocenters. The Balaban J connectivity index is 2.75. The second-order valence-electron chi connectivity index (χ2n) is 4.35. The third kappa shape index (κ3) is 4.06. The summed E-state index contributed by atoms with van der Waals surface area (Å²) in [6, 6.07) is 0.359. The first-order valence-corrected chi connectivity index (χ1v) is 8.33. The molecule has 1 saturated carbocycles. The standard InChI is InChI=1S/C12H26NO3P/c1-4-13(12-10-8-7-9-11-12)17(14,15-5-2)16-6-3/h12H,4-11H2,1-3H3. The Kier molecular flexibility index (Phi) is 6.71. The minimum Gasteiger partial charge on any atom is -0.297 e. The van der Waals surface area contributed by atoms with Crippen LogP contribution in [0.1, 0.15) is 52.9 Å². The third-order valence-electron chi connectivity index (χ3n) is 3.22. The van der Waals surface area contributed by atoms with Crippen LogP contribution in [0.15, 0.2) is 0 Å². The first-order valence-electron chi connectivity index (χ1n) is 6.84. The molecule has 0 unspecified atom stereocenters. The van der Waals surface area contributed by atoms with E-state index in [1.165, 1.54) is 19.3 Å². The lowest BCUT2D eigenvalue weighted by Crippen LogP contribution is -2.35. The lowest BCUT2D eigenvalue weighted by atomic mass is 9.95. The smallest absolute Gasteiger partial charge is 0.297 e. The van der Waals surface area contributed by atoms with Crippen molar-refractivity contribution in [2.45, 2.75) is 58.9 Å². The molecule has 102 valence electrons. The zero-order chi connectivity index (χ0) is 12.7. The van der Waals surface area contributed by atoms with Gasteiger partial charge < -0.3 is 0 Å². The normalized spacial score (nSPS) is 18.8. The maximum absolute atomic E-state index is 12.7. The van der Waals surface area contributed by atoms with Gasteiger partial charge in [0.15, 0.2) is 0 Å². The fourth-order valence-corrected chi connectivity index (χ4v) is 4.52. The molecular formula is C12H26NO3P. The highest BCUT2D eigenvalue weighted by molar-refractivity contribution is 7.51. The Morgan fingerprint density at radius 3 is 2.00 bits per heavy atom. The van der Waals surface area contributed by atoms with Crippen LogP contribution in [-0.4, -0.2) is 30.5 Å². The van der Waals surface area contributed by atoms with Gasteiger partial charge in [0.25, 0.3) is 0 Å². The predicted molar refractivity (Wildman–Crippen MR) is 70.1 cm³/mol. The lowest BCUT2D eigenvalue weighted by Gasteiger charge is -2.37. The van der Waals surface area contributed by atoms with Gasteiger partial charge in [0.05, 0.1) is 13.2 Å².